The Hall–Kier alpha value is -8.13. The summed E-state index contributed by atoms with van der Waals surface area (Å²) in [5.74, 6) is 1.80. The predicted molar refractivity (Wildman–Crippen MR) is 258 cm³/mol. The second kappa shape index (κ2) is 19.8. The zero-order chi connectivity index (χ0) is 49.1. The number of benzene rings is 5. The summed E-state index contributed by atoms with van der Waals surface area (Å²) in [6, 6.07) is 32.5. The normalized spacial score (nSPS) is 21.8. The van der Waals surface area contributed by atoms with Gasteiger partial charge in [-0.3, -0.25) is 19.3 Å². The summed E-state index contributed by atoms with van der Waals surface area (Å²) in [5.41, 5.74) is 2.06. The third kappa shape index (κ3) is 8.22. The molecule has 0 aliphatic carbocycles. The van der Waals surface area contributed by atoms with Crippen molar-refractivity contribution in [1.82, 2.24) is 30.5 Å². The summed E-state index contributed by atoms with van der Waals surface area (Å²) in [6.07, 6.45) is 0.549. The van der Waals surface area contributed by atoms with Crippen LogP contribution in [-0.4, -0.2) is 93.7 Å². The first-order chi connectivity index (χ1) is 34.0. The fourth-order valence-electron chi connectivity index (χ4n) is 10.3. The number of cyclic esters (lactones) is 1. The van der Waals surface area contributed by atoms with Crippen LogP contribution in [0.25, 0.3) is 11.0 Å². The van der Waals surface area contributed by atoms with Crippen LogP contribution in [0, 0.1) is 23.7 Å². The molecule has 1 aromatic heterocycles. The first kappa shape index (κ1) is 47.0. The minimum atomic E-state index is -2.09. The first-order valence-electron chi connectivity index (χ1n) is 23.0. The number of rotatable bonds is 13. The van der Waals surface area contributed by atoms with Gasteiger partial charge in [0.25, 0.3) is 0 Å². The van der Waals surface area contributed by atoms with E-state index in [1.54, 1.807) is 61.0 Å². The van der Waals surface area contributed by atoms with Gasteiger partial charge in [-0.25, -0.2) is 19.2 Å². The summed E-state index contributed by atoms with van der Waals surface area (Å²) >= 11 is 0. The molecule has 3 N–H and O–H groups in total. The molecule has 0 unspecified atom stereocenters. The van der Waals surface area contributed by atoms with E-state index in [4.69, 9.17) is 14.2 Å². The number of para-hydroxylation sites is 1. The third-order valence-electron chi connectivity index (χ3n) is 13.2. The molecule has 6 aromatic rings. The number of urea groups is 1. The molecular formula is C54H51N7O9. The van der Waals surface area contributed by atoms with E-state index in [0.717, 1.165) is 16.0 Å². The number of ether oxygens (including phenoxy) is 3. The molecule has 16 heteroatoms. The SMILES string of the molecule is C=CCNC(=O)[C@H]1[C@@H]2C(=O)O[C@@H](c3ccccc3)[C@@H](c3ccccc3)N2[C@@H](c2ccc(OCCO)cc2)[C@]12C(=O)N(C(=O)N[C@H](C(=O)OC)C(C)C)c1ccc(C#CCn3nnc4ccccc43)cc12. The van der Waals surface area contributed by atoms with Crippen LogP contribution in [0.2, 0.25) is 0 Å². The Morgan fingerprint density at radius 3 is 2.29 bits per heavy atom. The lowest BCUT2D eigenvalue weighted by Gasteiger charge is -2.46. The molecule has 16 nitrogen and oxygen atoms in total. The van der Waals surface area contributed by atoms with E-state index in [2.05, 4.69) is 39.4 Å². The number of carbonyl (C=O) groups is 5. The summed E-state index contributed by atoms with van der Waals surface area (Å²) in [5, 5.41) is 23.8. The number of carbonyl (C=O) groups excluding carboxylic acids is 5. The Morgan fingerprint density at radius 1 is 0.900 bits per heavy atom. The van der Waals surface area contributed by atoms with E-state index in [0.29, 0.717) is 28.0 Å². The minimum Gasteiger partial charge on any atom is -0.491 e. The van der Waals surface area contributed by atoms with E-state index < -0.39 is 77.3 Å². The fraction of sp³-hybridized carbons (Fsp3) is 0.278. The topological polar surface area (TPSA) is 195 Å². The maximum atomic E-state index is 16.5. The molecule has 2 saturated heterocycles. The van der Waals surface area contributed by atoms with Gasteiger partial charge in [-0.05, 0) is 70.6 Å². The number of nitrogens with one attached hydrogen (secondary N) is 2. The Morgan fingerprint density at radius 2 is 1.60 bits per heavy atom. The highest BCUT2D eigenvalue weighted by atomic mass is 16.6. The predicted octanol–water partition coefficient (Wildman–Crippen LogP) is 5.73. The molecule has 0 radical (unpaired) electrons. The number of morpholine rings is 1. The van der Waals surface area contributed by atoms with Crippen LogP contribution >= 0.6 is 0 Å². The van der Waals surface area contributed by atoms with Gasteiger partial charge in [0.2, 0.25) is 11.8 Å². The largest absolute Gasteiger partial charge is 0.491 e. The fourth-order valence-corrected chi connectivity index (χ4v) is 10.3. The molecular weight excluding hydrogens is 891 g/mol. The number of esters is 2. The van der Waals surface area contributed by atoms with E-state index in [1.165, 1.54) is 13.2 Å². The summed E-state index contributed by atoms with van der Waals surface area (Å²) < 4.78 is 19.1. The van der Waals surface area contributed by atoms with E-state index in [9.17, 15) is 9.90 Å². The average Bonchev–Trinajstić information content (AvgIpc) is 4.02. The Labute approximate surface area is 404 Å². The van der Waals surface area contributed by atoms with Crippen LogP contribution in [0.1, 0.15) is 59.9 Å². The highest BCUT2D eigenvalue weighted by Crippen LogP contribution is 2.66. The number of imide groups is 1. The molecule has 7 atom stereocenters. The summed E-state index contributed by atoms with van der Waals surface area (Å²) in [4.78, 5) is 78.3. The Balaban J connectivity index is 1.32. The lowest BCUT2D eigenvalue weighted by molar-refractivity contribution is -0.178. The second-order valence-electron chi connectivity index (χ2n) is 17.5. The molecule has 4 amide bonds. The van der Waals surface area contributed by atoms with Gasteiger partial charge in [0.1, 0.15) is 48.0 Å². The monoisotopic (exact) mass is 941 g/mol. The molecule has 9 rings (SSSR count). The van der Waals surface area contributed by atoms with Gasteiger partial charge in [-0.1, -0.05) is 122 Å². The number of anilines is 1. The molecule has 3 aliphatic heterocycles. The van der Waals surface area contributed by atoms with Crippen molar-refractivity contribution in [1.29, 1.82) is 0 Å². The molecule has 356 valence electrons. The summed E-state index contributed by atoms with van der Waals surface area (Å²) in [6.45, 7) is 7.20. The minimum absolute atomic E-state index is 0.0168. The first-order valence-corrected chi connectivity index (χ1v) is 23.0. The van der Waals surface area contributed by atoms with E-state index >= 15 is 19.2 Å². The Bertz CT molecular complexity index is 3020. The second-order valence-corrected chi connectivity index (χ2v) is 17.5. The van der Waals surface area contributed by atoms with E-state index in [1.807, 2.05) is 89.8 Å². The molecule has 2 fully saturated rings. The van der Waals surface area contributed by atoms with Crippen molar-refractivity contribution in [3.05, 3.63) is 168 Å². The number of nitrogens with zero attached hydrogens (tertiary/aromatic N) is 5. The lowest BCUT2D eigenvalue weighted by atomic mass is 9.65. The van der Waals surface area contributed by atoms with Crippen LogP contribution in [0.4, 0.5) is 10.5 Å². The number of aromatic nitrogens is 3. The number of fused-ring (bicyclic) bond motifs is 4. The molecule has 5 aromatic carbocycles. The van der Waals surface area contributed by atoms with E-state index in [-0.39, 0.29) is 37.6 Å². The smallest absolute Gasteiger partial charge is 0.329 e. The zero-order valence-corrected chi connectivity index (χ0v) is 38.7. The highest BCUT2D eigenvalue weighted by molar-refractivity contribution is 6.25. The van der Waals surface area contributed by atoms with Crippen molar-refractivity contribution in [2.24, 2.45) is 11.8 Å². The maximum Gasteiger partial charge on any atom is 0.329 e. The lowest BCUT2D eigenvalue weighted by Crippen LogP contribution is -2.57. The van der Waals surface area contributed by atoms with Crippen molar-refractivity contribution >= 4 is 46.5 Å². The van der Waals surface area contributed by atoms with Gasteiger partial charge in [-0.15, -0.1) is 11.7 Å². The average molecular weight is 942 g/mol. The van der Waals surface area contributed by atoms with Crippen molar-refractivity contribution in [3.8, 4) is 17.6 Å². The number of methoxy groups -OCH3 is 1. The number of aliphatic hydroxyl groups excluding tert-OH is 1. The quantitative estimate of drug-likeness (QED) is 0.0725. The van der Waals surface area contributed by atoms with Crippen molar-refractivity contribution in [2.75, 3.05) is 31.8 Å². The maximum absolute atomic E-state index is 16.5. The van der Waals surface area contributed by atoms with Gasteiger partial charge in [0, 0.05) is 12.1 Å². The van der Waals surface area contributed by atoms with Gasteiger partial charge in [0.05, 0.1) is 42.9 Å². The summed E-state index contributed by atoms with van der Waals surface area (Å²) in [7, 11) is 1.21. The van der Waals surface area contributed by atoms with Crippen LogP contribution in [0.3, 0.4) is 0 Å². The van der Waals surface area contributed by atoms with Gasteiger partial charge in [-0.2, -0.15) is 0 Å². The molecule has 3 aliphatic rings. The molecule has 0 bridgehead atoms. The number of amides is 4. The number of hydrogen-bond donors (Lipinski definition) is 3. The molecule has 70 heavy (non-hydrogen) atoms. The van der Waals surface area contributed by atoms with Crippen LogP contribution in [0.15, 0.2) is 140 Å². The molecule has 4 heterocycles. The zero-order valence-electron chi connectivity index (χ0n) is 38.7. The number of aliphatic hydroxyl groups is 1. The van der Waals surface area contributed by atoms with Gasteiger partial charge < -0.3 is 30.0 Å². The van der Waals surface area contributed by atoms with Crippen LogP contribution in [-0.2, 0) is 40.6 Å². The van der Waals surface area contributed by atoms with Gasteiger partial charge >= 0.3 is 18.0 Å². The molecule has 1 spiro atoms. The standard InChI is InChI=1S/C54H51N7O9/c1-5-28-55-49(63)43-46-51(65)70-47(36-18-10-7-11-19-36)45(35-16-8-6-9-17-35)61(46)48(37-23-25-38(26-24-37)69-31-30-62)54(43)39-32-34(15-14-29-59-42-21-13-12-20-40(42)57-58-59)22-27-41(39)60(52(54)66)53(67)56-44(33(2)3)50(64)68-4/h5-13,16-27,32-33,43-48,62H,1,28-31H2,2-4H3,(H,55,63)(H,56,67)/t43-,44+,45-,46-,47+,48+,54-/m1/s1. The van der Waals surface area contributed by atoms with Crippen LogP contribution in [0.5, 0.6) is 5.75 Å². The van der Waals surface area contributed by atoms with Crippen molar-refractivity contribution in [3.63, 3.8) is 0 Å². The highest BCUT2D eigenvalue weighted by Gasteiger charge is 2.75. The number of hydrogen-bond acceptors (Lipinski definition) is 12. The third-order valence-corrected chi connectivity index (χ3v) is 13.2. The molecule has 0 saturated carbocycles. The van der Waals surface area contributed by atoms with Crippen molar-refractivity contribution in [2.45, 2.75) is 56.1 Å². The van der Waals surface area contributed by atoms with Crippen LogP contribution < -0.4 is 20.3 Å². The van der Waals surface area contributed by atoms with Crippen molar-refractivity contribution < 1.29 is 43.3 Å². The Kier molecular flexibility index (Phi) is 13.3. The van der Waals surface area contributed by atoms with Gasteiger partial charge in [0.15, 0.2) is 0 Å².